The van der Waals surface area contributed by atoms with Gasteiger partial charge in [-0.3, -0.25) is 9.59 Å². The van der Waals surface area contributed by atoms with Crippen LogP contribution in [0.5, 0.6) is 0 Å². The van der Waals surface area contributed by atoms with E-state index in [0.717, 1.165) is 5.56 Å². The summed E-state index contributed by atoms with van der Waals surface area (Å²) in [5.74, 6) is -1.26. The standard InChI is InChI=1S/C12H14N2O4S/c1-6-5-19-10(12(17)18-2)9(6)14-11(16)7-3-8(15)13-4-7/h5,7H,3-4H2,1-2H3,(H,13,15)(H,14,16). The van der Waals surface area contributed by atoms with Crippen molar-refractivity contribution in [1.29, 1.82) is 0 Å². The fourth-order valence-electron chi connectivity index (χ4n) is 1.86. The predicted molar refractivity (Wildman–Crippen MR) is 70.1 cm³/mol. The van der Waals surface area contributed by atoms with Crippen LogP contribution >= 0.6 is 11.3 Å². The summed E-state index contributed by atoms with van der Waals surface area (Å²) in [7, 11) is 1.29. The summed E-state index contributed by atoms with van der Waals surface area (Å²) in [6.45, 7) is 2.14. The Morgan fingerprint density at radius 1 is 1.53 bits per heavy atom. The molecule has 2 N–H and O–H groups in total. The first-order valence-corrected chi connectivity index (χ1v) is 6.65. The number of carbonyl (C=O) groups is 3. The summed E-state index contributed by atoms with van der Waals surface area (Å²) in [5.41, 5.74) is 1.28. The number of ether oxygens (including phenoxy) is 1. The van der Waals surface area contributed by atoms with Crippen molar-refractivity contribution >= 4 is 34.8 Å². The normalized spacial score (nSPS) is 18.0. The van der Waals surface area contributed by atoms with Crippen molar-refractivity contribution in [2.75, 3.05) is 19.0 Å². The summed E-state index contributed by atoms with van der Waals surface area (Å²) in [5, 5.41) is 7.10. The lowest BCUT2D eigenvalue weighted by molar-refractivity contribution is -0.123. The number of amides is 2. The maximum atomic E-state index is 12.0. The SMILES string of the molecule is COC(=O)c1scc(C)c1NC(=O)C1CNC(=O)C1. The lowest BCUT2D eigenvalue weighted by atomic mass is 10.1. The third-order valence-electron chi connectivity index (χ3n) is 2.94. The Labute approximate surface area is 114 Å². The maximum absolute atomic E-state index is 12.0. The highest BCUT2D eigenvalue weighted by Crippen LogP contribution is 2.29. The third-order valence-corrected chi connectivity index (χ3v) is 4.02. The Morgan fingerprint density at radius 2 is 2.26 bits per heavy atom. The van der Waals surface area contributed by atoms with Crippen LogP contribution in [0.3, 0.4) is 0 Å². The highest BCUT2D eigenvalue weighted by molar-refractivity contribution is 7.12. The molecule has 1 unspecified atom stereocenters. The molecular formula is C12H14N2O4S. The highest BCUT2D eigenvalue weighted by atomic mass is 32.1. The van der Waals surface area contributed by atoms with Gasteiger partial charge in [-0.2, -0.15) is 0 Å². The summed E-state index contributed by atoms with van der Waals surface area (Å²) in [6, 6.07) is 0. The van der Waals surface area contributed by atoms with Gasteiger partial charge in [0.2, 0.25) is 11.8 Å². The second kappa shape index (κ2) is 5.40. The molecule has 1 aromatic heterocycles. The molecular weight excluding hydrogens is 268 g/mol. The molecule has 6 nitrogen and oxygen atoms in total. The van der Waals surface area contributed by atoms with Gasteiger partial charge in [0, 0.05) is 13.0 Å². The molecule has 0 aliphatic carbocycles. The van der Waals surface area contributed by atoms with Crippen LogP contribution in [-0.4, -0.2) is 31.4 Å². The Bertz CT molecular complexity index is 538. The molecule has 0 aromatic carbocycles. The van der Waals surface area contributed by atoms with Crippen molar-refractivity contribution < 1.29 is 19.1 Å². The van der Waals surface area contributed by atoms with E-state index in [4.69, 9.17) is 0 Å². The van der Waals surface area contributed by atoms with E-state index in [9.17, 15) is 14.4 Å². The molecule has 2 heterocycles. The number of carbonyl (C=O) groups excluding carboxylic acids is 3. The lowest BCUT2D eigenvalue weighted by Crippen LogP contribution is -2.25. The molecule has 1 aliphatic rings. The minimum atomic E-state index is -0.478. The van der Waals surface area contributed by atoms with E-state index >= 15 is 0 Å². The number of aryl methyl sites for hydroxylation is 1. The van der Waals surface area contributed by atoms with Crippen molar-refractivity contribution in [3.63, 3.8) is 0 Å². The summed E-state index contributed by atoms with van der Waals surface area (Å²) >= 11 is 1.22. The third kappa shape index (κ3) is 2.76. The van der Waals surface area contributed by atoms with E-state index < -0.39 is 11.9 Å². The molecule has 1 aromatic rings. The number of methoxy groups -OCH3 is 1. The van der Waals surface area contributed by atoms with E-state index in [-0.39, 0.29) is 18.2 Å². The topological polar surface area (TPSA) is 84.5 Å². The number of nitrogens with one attached hydrogen (secondary N) is 2. The molecule has 0 spiro atoms. The van der Waals surface area contributed by atoms with E-state index in [0.29, 0.717) is 17.1 Å². The van der Waals surface area contributed by atoms with E-state index in [1.165, 1.54) is 18.4 Å². The summed E-state index contributed by atoms with van der Waals surface area (Å²) in [4.78, 5) is 35.0. The number of thiophene rings is 1. The molecule has 0 saturated carbocycles. The minimum Gasteiger partial charge on any atom is -0.465 e. The number of rotatable bonds is 3. The van der Waals surface area contributed by atoms with Crippen molar-refractivity contribution in [2.45, 2.75) is 13.3 Å². The second-order valence-electron chi connectivity index (χ2n) is 4.31. The van der Waals surface area contributed by atoms with E-state index in [2.05, 4.69) is 15.4 Å². The van der Waals surface area contributed by atoms with Crippen LogP contribution in [0.1, 0.15) is 21.7 Å². The molecule has 19 heavy (non-hydrogen) atoms. The number of hydrogen-bond donors (Lipinski definition) is 2. The molecule has 7 heteroatoms. The summed E-state index contributed by atoms with van der Waals surface area (Å²) in [6.07, 6.45) is 0.183. The van der Waals surface area contributed by atoms with Crippen molar-refractivity contribution in [3.8, 4) is 0 Å². The first-order valence-electron chi connectivity index (χ1n) is 5.77. The van der Waals surface area contributed by atoms with Gasteiger partial charge in [0.15, 0.2) is 0 Å². The molecule has 1 saturated heterocycles. The zero-order valence-corrected chi connectivity index (χ0v) is 11.4. The fourth-order valence-corrected chi connectivity index (χ4v) is 2.78. The van der Waals surface area contributed by atoms with Gasteiger partial charge in [0.05, 0.1) is 18.7 Å². The Hall–Kier alpha value is -1.89. The first kappa shape index (κ1) is 13.5. The van der Waals surface area contributed by atoms with Crippen LogP contribution in [0.25, 0.3) is 0 Å². The van der Waals surface area contributed by atoms with Crippen LogP contribution in [0.15, 0.2) is 5.38 Å². The number of esters is 1. The average molecular weight is 282 g/mol. The quantitative estimate of drug-likeness (QED) is 0.807. The van der Waals surface area contributed by atoms with Crippen molar-refractivity contribution in [3.05, 3.63) is 15.8 Å². The molecule has 1 fully saturated rings. The second-order valence-corrected chi connectivity index (χ2v) is 5.19. The van der Waals surface area contributed by atoms with Crippen LogP contribution in [0, 0.1) is 12.8 Å². The number of hydrogen-bond acceptors (Lipinski definition) is 5. The van der Waals surface area contributed by atoms with Gasteiger partial charge in [-0.1, -0.05) is 0 Å². The Kier molecular flexibility index (Phi) is 3.84. The van der Waals surface area contributed by atoms with Crippen LogP contribution in [-0.2, 0) is 14.3 Å². The molecule has 1 atom stereocenters. The van der Waals surface area contributed by atoms with E-state index in [1.807, 2.05) is 0 Å². The zero-order valence-electron chi connectivity index (χ0n) is 10.6. The fraction of sp³-hybridized carbons (Fsp3) is 0.417. The molecule has 0 radical (unpaired) electrons. The van der Waals surface area contributed by atoms with Crippen LogP contribution < -0.4 is 10.6 Å². The van der Waals surface area contributed by atoms with Crippen molar-refractivity contribution in [2.24, 2.45) is 5.92 Å². The average Bonchev–Trinajstić information content (AvgIpc) is 2.96. The molecule has 0 bridgehead atoms. The van der Waals surface area contributed by atoms with Gasteiger partial charge >= 0.3 is 5.97 Å². The van der Waals surface area contributed by atoms with Gasteiger partial charge in [0.1, 0.15) is 4.88 Å². The van der Waals surface area contributed by atoms with Gasteiger partial charge in [-0.15, -0.1) is 11.3 Å². The van der Waals surface area contributed by atoms with Gasteiger partial charge < -0.3 is 15.4 Å². The maximum Gasteiger partial charge on any atom is 0.350 e. The van der Waals surface area contributed by atoms with Gasteiger partial charge in [-0.05, 0) is 17.9 Å². The minimum absolute atomic E-state index is 0.129. The van der Waals surface area contributed by atoms with Gasteiger partial charge in [0.25, 0.3) is 0 Å². The largest absolute Gasteiger partial charge is 0.465 e. The highest BCUT2D eigenvalue weighted by Gasteiger charge is 2.29. The number of anilines is 1. The lowest BCUT2D eigenvalue weighted by Gasteiger charge is -2.10. The summed E-state index contributed by atoms with van der Waals surface area (Å²) < 4.78 is 4.67. The predicted octanol–water partition coefficient (Wildman–Crippen LogP) is 0.918. The molecule has 102 valence electrons. The molecule has 1 aliphatic heterocycles. The van der Waals surface area contributed by atoms with Crippen LogP contribution in [0.4, 0.5) is 5.69 Å². The van der Waals surface area contributed by atoms with Crippen molar-refractivity contribution in [1.82, 2.24) is 5.32 Å². The molecule has 2 amide bonds. The zero-order chi connectivity index (χ0) is 14.0. The smallest absolute Gasteiger partial charge is 0.350 e. The molecule has 2 rings (SSSR count). The first-order chi connectivity index (χ1) is 9.02. The Balaban J connectivity index is 2.14. The van der Waals surface area contributed by atoms with Crippen LogP contribution in [0.2, 0.25) is 0 Å². The van der Waals surface area contributed by atoms with Gasteiger partial charge in [-0.25, -0.2) is 4.79 Å². The Morgan fingerprint density at radius 3 is 2.84 bits per heavy atom. The van der Waals surface area contributed by atoms with E-state index in [1.54, 1.807) is 12.3 Å². The monoisotopic (exact) mass is 282 g/mol.